The highest BCUT2D eigenvalue weighted by molar-refractivity contribution is 8.48. The maximum atomic E-state index is 12.1. The van der Waals surface area contributed by atoms with Crippen molar-refractivity contribution in [3.05, 3.63) is 11.5 Å². The summed E-state index contributed by atoms with van der Waals surface area (Å²) in [4.78, 5) is 13.7. The fourth-order valence-corrected chi connectivity index (χ4v) is 3.30. The van der Waals surface area contributed by atoms with Crippen molar-refractivity contribution in [1.29, 1.82) is 0 Å². The summed E-state index contributed by atoms with van der Waals surface area (Å²) in [6.07, 6.45) is 10.5. The average Bonchev–Trinajstić information content (AvgIpc) is 2.57. The zero-order valence-corrected chi connectivity index (χ0v) is 17.7. The molecule has 0 bridgehead atoms. The van der Waals surface area contributed by atoms with Gasteiger partial charge in [-0.1, -0.05) is 70.5 Å². The van der Waals surface area contributed by atoms with Gasteiger partial charge in [-0.05, 0) is 32.1 Å². The van der Waals surface area contributed by atoms with E-state index in [1.54, 1.807) is 11.9 Å². The van der Waals surface area contributed by atoms with Crippen LogP contribution in [0, 0.1) is 0 Å². The average molecular weight is 438 g/mol. The lowest BCUT2D eigenvalue weighted by molar-refractivity contribution is -0.130. The van der Waals surface area contributed by atoms with Crippen molar-refractivity contribution in [1.82, 2.24) is 4.90 Å². The van der Waals surface area contributed by atoms with Crippen LogP contribution in [-0.2, 0) is 4.79 Å². The first kappa shape index (κ1) is 27.2. The summed E-state index contributed by atoms with van der Waals surface area (Å²) >= 11 is 0. The monoisotopic (exact) mass is 437 g/mol. The molecule has 0 saturated carbocycles. The van der Waals surface area contributed by atoms with E-state index in [4.69, 9.17) is 5.11 Å². The van der Waals surface area contributed by atoms with Crippen molar-refractivity contribution < 1.29 is 29.3 Å². The molecule has 9 heteroatoms. The molecule has 1 amide bonds. The lowest BCUT2D eigenvalue weighted by Gasteiger charge is -2.36. The van der Waals surface area contributed by atoms with Gasteiger partial charge in [0.1, 0.15) is 0 Å². The molecule has 0 rings (SSSR count). The smallest absolute Gasteiger partial charge is 0.304 e. The highest BCUT2D eigenvalue weighted by Gasteiger charge is 2.60. The molecule has 0 atom stereocenters. The minimum Gasteiger partial charge on any atom is -0.396 e. The lowest BCUT2D eigenvalue weighted by Crippen LogP contribution is -2.27. The van der Waals surface area contributed by atoms with Gasteiger partial charge in [0.2, 0.25) is 5.91 Å². The van der Waals surface area contributed by atoms with Gasteiger partial charge in [0.05, 0.1) is 5.41 Å². The summed E-state index contributed by atoms with van der Waals surface area (Å²) in [6, 6.07) is 0. The third-order valence-electron chi connectivity index (χ3n) is 4.44. The molecule has 0 heterocycles. The molecule has 0 radical (unpaired) electrons. The van der Waals surface area contributed by atoms with Crippen LogP contribution < -0.4 is 0 Å². The maximum Gasteiger partial charge on any atom is 0.304 e. The van der Waals surface area contributed by atoms with Gasteiger partial charge in [0.25, 0.3) is 0 Å². The highest BCUT2D eigenvalue weighted by Crippen LogP contribution is 2.98. The molecule has 0 aliphatic heterocycles. The largest absolute Gasteiger partial charge is 0.396 e. The number of carbonyl (C=O) groups excluding carboxylic acids is 1. The molecule has 0 unspecified atom stereocenters. The molecular weight excluding hydrogens is 401 g/mol. The first-order valence-corrected chi connectivity index (χ1v) is 12.1. The van der Waals surface area contributed by atoms with Gasteiger partial charge >= 0.3 is 10.2 Å². The zero-order chi connectivity index (χ0) is 21.6. The third-order valence-corrected chi connectivity index (χ3v) is 5.15. The van der Waals surface area contributed by atoms with Crippen molar-refractivity contribution in [3.63, 3.8) is 0 Å². The van der Waals surface area contributed by atoms with E-state index in [1.807, 2.05) is 0 Å². The predicted molar refractivity (Wildman–Crippen MR) is 107 cm³/mol. The van der Waals surface area contributed by atoms with E-state index in [-0.39, 0.29) is 18.9 Å². The Hall–Kier alpha value is -0.830. The zero-order valence-electron chi connectivity index (χ0n) is 16.9. The molecule has 170 valence electrons. The van der Waals surface area contributed by atoms with Crippen molar-refractivity contribution in [3.8, 4) is 0 Å². The Kier molecular flexibility index (Phi) is 11.6. The molecule has 0 fully saturated rings. The van der Waals surface area contributed by atoms with Crippen LogP contribution in [0.25, 0.3) is 0 Å². The van der Waals surface area contributed by atoms with Gasteiger partial charge in [-0.2, -0.15) is 0 Å². The maximum absolute atomic E-state index is 12.1. The molecule has 0 aromatic carbocycles. The number of aliphatic hydroxyl groups excluding tert-OH is 1. The molecule has 0 spiro atoms. The SMILES string of the molecule is CN(CCCCCCO)C(=O)CCCCCCCCC/C=C/S(F)(F)(F)(F)F. The second-order valence-corrected chi connectivity index (χ2v) is 9.70. The van der Waals surface area contributed by atoms with E-state index < -0.39 is 15.6 Å². The van der Waals surface area contributed by atoms with Gasteiger partial charge in [-0.3, -0.25) is 4.79 Å². The molecule has 1 N–H and O–H groups in total. The standard InChI is InChI=1S/C19H36F5NO2S/c1-25(16-12-8-9-13-17-26)19(27)15-11-7-5-3-2-4-6-10-14-18-28(20,21,22,23)24/h14,18,26H,2-13,15-17H2,1H3/b18-14+. The summed E-state index contributed by atoms with van der Waals surface area (Å²) in [5, 5.41) is 7.84. The minimum absolute atomic E-state index is 0.00639. The number of carbonyl (C=O) groups is 1. The van der Waals surface area contributed by atoms with Crippen molar-refractivity contribution in [2.75, 3.05) is 20.2 Å². The van der Waals surface area contributed by atoms with Crippen LogP contribution in [0.3, 0.4) is 0 Å². The lowest BCUT2D eigenvalue weighted by atomic mass is 10.1. The summed E-state index contributed by atoms with van der Waals surface area (Å²) < 4.78 is 60.3. The second-order valence-electron chi connectivity index (χ2n) is 7.37. The van der Waals surface area contributed by atoms with Gasteiger partial charge in [0.15, 0.2) is 0 Å². The van der Waals surface area contributed by atoms with Gasteiger partial charge in [0, 0.05) is 26.6 Å². The molecular formula is C19H36F5NO2S. The van der Waals surface area contributed by atoms with Crippen molar-refractivity contribution >= 4 is 16.1 Å². The fraction of sp³-hybridized carbons (Fsp3) is 0.842. The van der Waals surface area contributed by atoms with Crippen LogP contribution in [0.5, 0.6) is 0 Å². The Morgan fingerprint density at radius 2 is 1.32 bits per heavy atom. The van der Waals surface area contributed by atoms with E-state index >= 15 is 0 Å². The summed E-state index contributed by atoms with van der Waals surface area (Å²) in [5.41, 5.74) is 0. The topological polar surface area (TPSA) is 40.5 Å². The molecule has 0 aromatic rings. The van der Waals surface area contributed by atoms with Crippen LogP contribution >= 0.6 is 10.2 Å². The Balaban J connectivity index is 3.54. The Bertz CT molecular complexity index is 468. The molecule has 0 saturated heterocycles. The minimum atomic E-state index is -9.39. The number of rotatable bonds is 17. The van der Waals surface area contributed by atoms with Gasteiger partial charge in [-0.25, -0.2) is 0 Å². The van der Waals surface area contributed by atoms with Crippen molar-refractivity contribution in [2.45, 2.75) is 83.5 Å². The van der Waals surface area contributed by atoms with Crippen LogP contribution in [0.15, 0.2) is 11.5 Å². The quantitative estimate of drug-likeness (QED) is 0.191. The van der Waals surface area contributed by atoms with Crippen LogP contribution in [-0.4, -0.2) is 36.1 Å². The van der Waals surface area contributed by atoms with Crippen molar-refractivity contribution in [2.24, 2.45) is 0 Å². The number of amides is 1. The second kappa shape index (κ2) is 12.0. The van der Waals surface area contributed by atoms with E-state index in [9.17, 15) is 24.2 Å². The third kappa shape index (κ3) is 19.9. The Morgan fingerprint density at radius 1 is 0.821 bits per heavy atom. The molecule has 0 aliphatic rings. The number of halogens is 5. The molecule has 3 nitrogen and oxygen atoms in total. The van der Waals surface area contributed by atoms with Crippen LogP contribution in [0.4, 0.5) is 19.4 Å². The van der Waals surface area contributed by atoms with E-state index in [0.29, 0.717) is 25.3 Å². The molecule has 0 aliphatic carbocycles. The van der Waals surface area contributed by atoms with E-state index in [1.165, 1.54) is 0 Å². The van der Waals surface area contributed by atoms with Crippen LogP contribution in [0.1, 0.15) is 83.5 Å². The highest BCUT2D eigenvalue weighted by atomic mass is 32.5. The van der Waals surface area contributed by atoms with E-state index in [2.05, 4.69) is 0 Å². The fourth-order valence-electron chi connectivity index (χ4n) is 2.80. The van der Waals surface area contributed by atoms with Gasteiger partial charge in [-0.15, -0.1) is 0 Å². The Morgan fingerprint density at radius 3 is 1.89 bits per heavy atom. The summed E-state index contributed by atoms with van der Waals surface area (Å²) in [6.45, 7) is 0.949. The first-order valence-electron chi connectivity index (χ1n) is 10.1. The Labute approximate surface area is 166 Å². The number of aliphatic hydroxyl groups is 1. The molecule has 28 heavy (non-hydrogen) atoms. The number of unbranched alkanes of at least 4 members (excludes halogenated alkanes) is 10. The number of nitrogens with zero attached hydrogens (tertiary/aromatic N) is 1. The number of hydrogen-bond acceptors (Lipinski definition) is 2. The van der Waals surface area contributed by atoms with Gasteiger partial charge < -0.3 is 10.0 Å². The molecule has 0 aromatic heterocycles. The predicted octanol–water partition coefficient (Wildman–Crippen LogP) is 7.32. The summed E-state index contributed by atoms with van der Waals surface area (Å²) in [7, 11) is -7.59. The van der Waals surface area contributed by atoms with E-state index in [0.717, 1.165) is 64.3 Å². The summed E-state index contributed by atoms with van der Waals surface area (Å²) in [5.74, 6) is 0.137. The number of hydrogen-bond donors (Lipinski definition) is 1. The first-order chi connectivity index (χ1) is 12.8. The number of allylic oxidation sites excluding steroid dienone is 1. The normalized spacial score (nSPS) is 14.8. The van der Waals surface area contributed by atoms with Crippen LogP contribution in [0.2, 0.25) is 0 Å².